The van der Waals surface area contributed by atoms with Crippen LogP contribution in [-0.4, -0.2) is 18.5 Å². The molecule has 0 N–H and O–H groups in total. The number of allylic oxidation sites excluding steroid dienone is 1. The second kappa shape index (κ2) is 16.2. The van der Waals surface area contributed by atoms with E-state index in [9.17, 15) is 0 Å². The SMILES string of the molecule is C=CC(c1ccccc1)[P+](CCCCCC)(CCCCCC)CCCCCC. The van der Waals surface area contributed by atoms with E-state index in [1.165, 1.54) is 101 Å². The molecule has 1 atom stereocenters. The van der Waals surface area contributed by atoms with Gasteiger partial charge in [0.25, 0.3) is 0 Å². The van der Waals surface area contributed by atoms with Gasteiger partial charge in [0.05, 0.1) is 18.5 Å². The monoisotopic (exact) mass is 403 g/mol. The highest BCUT2D eigenvalue weighted by molar-refractivity contribution is 7.76. The maximum atomic E-state index is 4.36. The molecule has 1 aromatic rings. The van der Waals surface area contributed by atoms with Crippen LogP contribution in [0.1, 0.15) is 109 Å². The van der Waals surface area contributed by atoms with Crippen molar-refractivity contribution in [2.45, 2.75) is 103 Å². The summed E-state index contributed by atoms with van der Waals surface area (Å²) >= 11 is 0. The van der Waals surface area contributed by atoms with Gasteiger partial charge in [0.1, 0.15) is 5.66 Å². The van der Waals surface area contributed by atoms with Crippen LogP contribution in [-0.2, 0) is 0 Å². The summed E-state index contributed by atoms with van der Waals surface area (Å²) in [6, 6.07) is 11.3. The van der Waals surface area contributed by atoms with Crippen molar-refractivity contribution in [1.29, 1.82) is 0 Å². The molecule has 0 spiro atoms. The smallest absolute Gasteiger partial charge is 0.0989 e. The van der Waals surface area contributed by atoms with Crippen molar-refractivity contribution in [3.8, 4) is 0 Å². The van der Waals surface area contributed by atoms with Gasteiger partial charge >= 0.3 is 0 Å². The van der Waals surface area contributed by atoms with Gasteiger partial charge in [-0.15, -0.1) is 0 Å². The third-order valence-corrected chi connectivity index (χ3v) is 11.6. The molecule has 1 rings (SSSR count). The van der Waals surface area contributed by atoms with Crippen molar-refractivity contribution in [1.82, 2.24) is 0 Å². The Morgan fingerprint density at radius 1 is 0.679 bits per heavy atom. The zero-order valence-corrected chi connectivity index (χ0v) is 20.2. The van der Waals surface area contributed by atoms with Crippen LogP contribution in [0.3, 0.4) is 0 Å². The van der Waals surface area contributed by atoms with E-state index < -0.39 is 7.26 Å². The third kappa shape index (κ3) is 9.26. The molecule has 28 heavy (non-hydrogen) atoms. The van der Waals surface area contributed by atoms with Crippen LogP contribution in [0.25, 0.3) is 0 Å². The normalized spacial score (nSPS) is 12.8. The first-order chi connectivity index (χ1) is 13.7. The van der Waals surface area contributed by atoms with Crippen LogP contribution >= 0.6 is 7.26 Å². The Balaban J connectivity index is 3.04. The number of benzene rings is 1. The second-order valence-electron chi connectivity index (χ2n) is 8.66. The molecule has 1 heteroatoms. The minimum Gasteiger partial charge on any atom is -0.0989 e. The van der Waals surface area contributed by atoms with E-state index >= 15 is 0 Å². The van der Waals surface area contributed by atoms with Crippen LogP contribution in [0, 0.1) is 0 Å². The molecule has 0 radical (unpaired) electrons. The molecule has 0 fully saturated rings. The quantitative estimate of drug-likeness (QED) is 0.130. The molecule has 0 saturated carbocycles. The first-order valence-corrected chi connectivity index (χ1v) is 14.7. The van der Waals surface area contributed by atoms with Crippen molar-refractivity contribution in [2.24, 2.45) is 0 Å². The number of rotatable bonds is 18. The van der Waals surface area contributed by atoms with Gasteiger partial charge in [0.2, 0.25) is 0 Å². The van der Waals surface area contributed by atoms with E-state index in [-0.39, 0.29) is 0 Å². The number of hydrogen-bond acceptors (Lipinski definition) is 0. The minimum absolute atomic E-state index is 0.610. The highest BCUT2D eigenvalue weighted by Gasteiger charge is 2.43. The molecular formula is C27H48P+. The lowest BCUT2D eigenvalue weighted by molar-refractivity contribution is 0.680. The van der Waals surface area contributed by atoms with Crippen LogP contribution < -0.4 is 0 Å². The first kappa shape index (κ1) is 25.4. The predicted molar refractivity (Wildman–Crippen MR) is 133 cm³/mol. The largest absolute Gasteiger partial charge is 0.112 e. The highest BCUT2D eigenvalue weighted by Crippen LogP contribution is 2.71. The fourth-order valence-electron chi connectivity index (χ4n) is 4.64. The first-order valence-electron chi connectivity index (χ1n) is 12.3. The summed E-state index contributed by atoms with van der Waals surface area (Å²) in [7, 11) is -1.07. The summed E-state index contributed by atoms with van der Waals surface area (Å²) in [5.41, 5.74) is 2.14. The van der Waals surface area contributed by atoms with Gasteiger partial charge in [0.15, 0.2) is 0 Å². The lowest BCUT2D eigenvalue weighted by atomic mass is 10.1. The fourth-order valence-corrected chi connectivity index (χ4v) is 9.96. The lowest BCUT2D eigenvalue weighted by Gasteiger charge is -2.34. The molecule has 160 valence electrons. The Labute approximate surface area is 177 Å². The average molecular weight is 404 g/mol. The van der Waals surface area contributed by atoms with Crippen molar-refractivity contribution in [3.63, 3.8) is 0 Å². The van der Waals surface area contributed by atoms with Crippen molar-refractivity contribution in [2.75, 3.05) is 18.5 Å². The fraction of sp³-hybridized carbons (Fsp3) is 0.704. The van der Waals surface area contributed by atoms with E-state index in [0.717, 1.165) is 0 Å². The number of unbranched alkanes of at least 4 members (excludes halogenated alkanes) is 9. The highest BCUT2D eigenvalue weighted by atomic mass is 31.2. The average Bonchev–Trinajstić information content (AvgIpc) is 2.73. The summed E-state index contributed by atoms with van der Waals surface area (Å²) in [5.74, 6) is 0. The Morgan fingerprint density at radius 3 is 1.46 bits per heavy atom. The Kier molecular flexibility index (Phi) is 14.7. The van der Waals surface area contributed by atoms with Crippen molar-refractivity contribution in [3.05, 3.63) is 48.6 Å². The minimum atomic E-state index is -1.07. The molecule has 0 bridgehead atoms. The van der Waals surface area contributed by atoms with E-state index in [0.29, 0.717) is 5.66 Å². The van der Waals surface area contributed by atoms with Gasteiger partial charge in [-0.05, 0) is 50.2 Å². The van der Waals surface area contributed by atoms with E-state index in [2.05, 4.69) is 63.8 Å². The summed E-state index contributed by atoms with van der Waals surface area (Å²) in [5, 5.41) is 0. The lowest BCUT2D eigenvalue weighted by Crippen LogP contribution is -2.16. The Hall–Kier alpha value is -0.610. The molecule has 0 saturated heterocycles. The molecular weight excluding hydrogens is 355 g/mol. The van der Waals surface area contributed by atoms with Crippen LogP contribution in [0.4, 0.5) is 0 Å². The van der Waals surface area contributed by atoms with Gasteiger partial charge in [-0.25, -0.2) is 0 Å². The second-order valence-corrected chi connectivity index (χ2v) is 13.0. The van der Waals surface area contributed by atoms with Crippen molar-refractivity contribution >= 4 is 7.26 Å². The third-order valence-electron chi connectivity index (χ3n) is 6.33. The van der Waals surface area contributed by atoms with Crippen LogP contribution in [0.15, 0.2) is 43.0 Å². The van der Waals surface area contributed by atoms with Crippen molar-refractivity contribution < 1.29 is 0 Å². The van der Waals surface area contributed by atoms with Gasteiger partial charge < -0.3 is 0 Å². The molecule has 0 amide bonds. The topological polar surface area (TPSA) is 0 Å². The molecule has 0 aliphatic carbocycles. The van der Waals surface area contributed by atoms with Crippen LogP contribution in [0.2, 0.25) is 0 Å². The molecule has 1 aromatic carbocycles. The maximum absolute atomic E-state index is 4.36. The Bertz CT molecular complexity index is 447. The molecule has 0 nitrogen and oxygen atoms in total. The standard InChI is InChI=1S/C27H48P/c1-5-9-12-18-23-28(24-19-13-10-6-2,25-20-14-11-7-3)27(8-4)26-21-16-15-17-22-26/h8,15-17,21-22,27H,4-7,9-14,18-20,23-25H2,1-3H3/q+1. The van der Waals surface area contributed by atoms with Gasteiger partial charge in [-0.2, -0.15) is 0 Å². The van der Waals surface area contributed by atoms with E-state index in [4.69, 9.17) is 0 Å². The zero-order valence-electron chi connectivity index (χ0n) is 19.3. The summed E-state index contributed by atoms with van der Waals surface area (Å²) in [4.78, 5) is 0. The Morgan fingerprint density at radius 2 is 1.11 bits per heavy atom. The van der Waals surface area contributed by atoms with Gasteiger partial charge in [0, 0.05) is 7.26 Å². The summed E-state index contributed by atoms with van der Waals surface area (Å²) in [6.45, 7) is 11.3. The molecule has 1 unspecified atom stereocenters. The van der Waals surface area contributed by atoms with E-state index in [1.807, 2.05) is 0 Å². The molecule has 0 aliphatic rings. The van der Waals surface area contributed by atoms with Crippen LogP contribution in [0.5, 0.6) is 0 Å². The molecule has 0 heterocycles. The molecule has 0 aliphatic heterocycles. The predicted octanol–water partition coefficient (Wildman–Crippen LogP) is 9.67. The van der Waals surface area contributed by atoms with Gasteiger partial charge in [-0.3, -0.25) is 0 Å². The van der Waals surface area contributed by atoms with Gasteiger partial charge in [-0.1, -0.05) is 96.2 Å². The van der Waals surface area contributed by atoms with E-state index in [1.54, 1.807) is 0 Å². The molecule has 0 aromatic heterocycles. The maximum Gasteiger partial charge on any atom is 0.112 e. The summed E-state index contributed by atoms with van der Waals surface area (Å²) < 4.78 is 0. The zero-order chi connectivity index (χ0) is 20.5. The summed E-state index contributed by atoms with van der Waals surface area (Å²) in [6.07, 6.45) is 23.5. The number of hydrogen-bond donors (Lipinski definition) is 0.